The van der Waals surface area contributed by atoms with E-state index in [1.807, 2.05) is 25.1 Å². The molecular weight excluding hydrogens is 280 g/mol. The van der Waals surface area contributed by atoms with Crippen LogP contribution < -0.4 is 10.9 Å². The van der Waals surface area contributed by atoms with Gasteiger partial charge in [0, 0.05) is 6.54 Å². The minimum absolute atomic E-state index is 0.0795. The second-order valence-corrected chi connectivity index (χ2v) is 5.53. The van der Waals surface area contributed by atoms with Gasteiger partial charge in [-0.05, 0) is 38.4 Å². The standard InChI is InChI=1S/C16H20N4O2/c1-2-20(16(22)13-8-5-9-17-13)10-14-18-12-7-4-3-6-11(12)15(21)19-14/h3-4,6-7,13,17H,2,5,8-10H2,1H3,(H,18,19,21). The third kappa shape index (κ3) is 2.87. The van der Waals surface area contributed by atoms with Crippen molar-refractivity contribution in [1.29, 1.82) is 0 Å². The Morgan fingerprint density at radius 3 is 2.95 bits per heavy atom. The van der Waals surface area contributed by atoms with Gasteiger partial charge in [-0.1, -0.05) is 12.1 Å². The van der Waals surface area contributed by atoms with Crippen LogP contribution in [0.4, 0.5) is 0 Å². The van der Waals surface area contributed by atoms with Crippen LogP contribution in [0.1, 0.15) is 25.6 Å². The summed E-state index contributed by atoms with van der Waals surface area (Å²) >= 11 is 0. The summed E-state index contributed by atoms with van der Waals surface area (Å²) in [7, 11) is 0. The van der Waals surface area contributed by atoms with E-state index >= 15 is 0 Å². The van der Waals surface area contributed by atoms with Gasteiger partial charge < -0.3 is 15.2 Å². The van der Waals surface area contributed by atoms with Crippen molar-refractivity contribution in [1.82, 2.24) is 20.2 Å². The number of likely N-dealkylation sites (N-methyl/N-ethyl adjacent to an activating group) is 1. The molecule has 0 bridgehead atoms. The van der Waals surface area contributed by atoms with E-state index in [9.17, 15) is 9.59 Å². The molecule has 1 aromatic carbocycles. The minimum atomic E-state index is -0.164. The lowest BCUT2D eigenvalue weighted by atomic mass is 10.2. The number of rotatable bonds is 4. The summed E-state index contributed by atoms with van der Waals surface area (Å²) < 4.78 is 0. The Hall–Kier alpha value is -2.21. The summed E-state index contributed by atoms with van der Waals surface area (Å²) in [6.07, 6.45) is 1.90. The number of aromatic nitrogens is 2. The van der Waals surface area contributed by atoms with Crippen LogP contribution in [0, 0.1) is 0 Å². The van der Waals surface area contributed by atoms with Crippen LogP contribution in [0.3, 0.4) is 0 Å². The van der Waals surface area contributed by atoms with Gasteiger partial charge in [-0.25, -0.2) is 4.98 Å². The van der Waals surface area contributed by atoms with Crippen LogP contribution in [-0.4, -0.2) is 39.9 Å². The monoisotopic (exact) mass is 300 g/mol. The molecule has 2 aromatic rings. The highest BCUT2D eigenvalue weighted by atomic mass is 16.2. The Morgan fingerprint density at radius 1 is 1.41 bits per heavy atom. The van der Waals surface area contributed by atoms with Crippen LogP contribution in [0.2, 0.25) is 0 Å². The third-order valence-corrected chi connectivity index (χ3v) is 4.05. The maximum atomic E-state index is 12.5. The molecule has 6 heteroatoms. The molecule has 0 aliphatic carbocycles. The zero-order chi connectivity index (χ0) is 15.5. The maximum Gasteiger partial charge on any atom is 0.258 e. The van der Waals surface area contributed by atoms with Crippen LogP contribution in [0.5, 0.6) is 0 Å². The van der Waals surface area contributed by atoms with E-state index in [0.717, 1.165) is 19.4 Å². The van der Waals surface area contributed by atoms with Crippen molar-refractivity contribution in [3.63, 3.8) is 0 Å². The number of H-pyrrole nitrogens is 1. The largest absolute Gasteiger partial charge is 0.334 e. The van der Waals surface area contributed by atoms with Crippen molar-refractivity contribution in [2.24, 2.45) is 0 Å². The van der Waals surface area contributed by atoms with Gasteiger partial charge in [0.25, 0.3) is 5.56 Å². The summed E-state index contributed by atoms with van der Waals surface area (Å²) in [4.78, 5) is 33.5. The molecule has 0 saturated carbocycles. The average Bonchev–Trinajstić information content (AvgIpc) is 3.06. The first kappa shape index (κ1) is 14.7. The van der Waals surface area contributed by atoms with Crippen LogP contribution in [0.15, 0.2) is 29.1 Å². The number of nitrogens with one attached hydrogen (secondary N) is 2. The van der Waals surface area contributed by atoms with Crippen molar-refractivity contribution < 1.29 is 4.79 Å². The summed E-state index contributed by atoms with van der Waals surface area (Å²) in [5.74, 6) is 0.604. The highest BCUT2D eigenvalue weighted by Gasteiger charge is 2.26. The minimum Gasteiger partial charge on any atom is -0.334 e. The van der Waals surface area contributed by atoms with Gasteiger partial charge in [0.05, 0.1) is 23.5 Å². The highest BCUT2D eigenvalue weighted by molar-refractivity contribution is 5.82. The van der Waals surface area contributed by atoms with Crippen molar-refractivity contribution in [2.75, 3.05) is 13.1 Å². The van der Waals surface area contributed by atoms with E-state index in [2.05, 4.69) is 15.3 Å². The van der Waals surface area contributed by atoms with Gasteiger partial charge >= 0.3 is 0 Å². The van der Waals surface area contributed by atoms with Gasteiger partial charge in [-0.15, -0.1) is 0 Å². The molecule has 1 atom stereocenters. The summed E-state index contributed by atoms with van der Waals surface area (Å²) in [5, 5.41) is 3.78. The molecule has 1 aromatic heterocycles. The number of fused-ring (bicyclic) bond motifs is 1. The molecule has 1 aliphatic heterocycles. The maximum absolute atomic E-state index is 12.5. The summed E-state index contributed by atoms with van der Waals surface area (Å²) in [6.45, 7) is 3.74. The van der Waals surface area contributed by atoms with Gasteiger partial charge in [-0.3, -0.25) is 9.59 Å². The lowest BCUT2D eigenvalue weighted by Crippen LogP contribution is -2.43. The van der Waals surface area contributed by atoms with Gasteiger partial charge in [0.15, 0.2) is 0 Å². The fourth-order valence-corrected chi connectivity index (χ4v) is 2.85. The second kappa shape index (κ2) is 6.27. The number of carbonyl (C=O) groups excluding carboxylic acids is 1. The van der Waals surface area contributed by atoms with Gasteiger partial charge in [0.2, 0.25) is 5.91 Å². The summed E-state index contributed by atoms with van der Waals surface area (Å²) in [5.41, 5.74) is 0.492. The van der Waals surface area contributed by atoms with Gasteiger partial charge in [-0.2, -0.15) is 0 Å². The number of benzene rings is 1. The lowest BCUT2D eigenvalue weighted by Gasteiger charge is -2.23. The number of hydrogen-bond donors (Lipinski definition) is 2. The molecule has 2 N–H and O–H groups in total. The Balaban J connectivity index is 1.84. The number of nitrogens with zero attached hydrogens (tertiary/aromatic N) is 2. The first-order valence-corrected chi connectivity index (χ1v) is 7.69. The topological polar surface area (TPSA) is 78.1 Å². The van der Waals surface area contributed by atoms with E-state index in [1.165, 1.54) is 0 Å². The Morgan fingerprint density at radius 2 is 2.23 bits per heavy atom. The first-order valence-electron chi connectivity index (χ1n) is 7.69. The predicted molar refractivity (Wildman–Crippen MR) is 84.5 cm³/mol. The number of para-hydroxylation sites is 1. The van der Waals surface area contributed by atoms with Crippen molar-refractivity contribution in [2.45, 2.75) is 32.4 Å². The van der Waals surface area contributed by atoms with E-state index in [0.29, 0.717) is 29.8 Å². The normalized spacial score (nSPS) is 17.8. The van der Waals surface area contributed by atoms with Crippen molar-refractivity contribution >= 4 is 16.8 Å². The number of amides is 1. The van der Waals surface area contributed by atoms with E-state index in [4.69, 9.17) is 0 Å². The number of hydrogen-bond acceptors (Lipinski definition) is 4. The zero-order valence-electron chi connectivity index (χ0n) is 12.6. The van der Waals surface area contributed by atoms with Crippen molar-refractivity contribution in [3.8, 4) is 0 Å². The molecule has 3 rings (SSSR count). The molecule has 1 saturated heterocycles. The Kier molecular flexibility index (Phi) is 4.20. The first-order chi connectivity index (χ1) is 10.7. The van der Waals surface area contributed by atoms with Crippen molar-refractivity contribution in [3.05, 3.63) is 40.4 Å². The predicted octanol–water partition coefficient (Wildman–Crippen LogP) is 1.02. The highest BCUT2D eigenvalue weighted by Crippen LogP contribution is 2.11. The SMILES string of the molecule is CCN(Cc1nc2ccccc2c(=O)[nH]1)C(=O)C1CCCN1. The van der Waals surface area contributed by atoms with Gasteiger partial charge in [0.1, 0.15) is 5.82 Å². The quantitative estimate of drug-likeness (QED) is 0.884. The van der Waals surface area contributed by atoms with Crippen LogP contribution in [0.25, 0.3) is 10.9 Å². The Bertz CT molecular complexity index is 734. The fraction of sp³-hybridized carbons (Fsp3) is 0.438. The molecule has 22 heavy (non-hydrogen) atoms. The van der Waals surface area contributed by atoms with Crippen LogP contribution in [-0.2, 0) is 11.3 Å². The molecule has 1 amide bonds. The smallest absolute Gasteiger partial charge is 0.258 e. The molecule has 116 valence electrons. The van der Waals surface area contributed by atoms with Crippen LogP contribution >= 0.6 is 0 Å². The molecule has 1 fully saturated rings. The number of carbonyl (C=O) groups is 1. The third-order valence-electron chi connectivity index (χ3n) is 4.05. The molecule has 1 aliphatic rings. The molecular formula is C16H20N4O2. The Labute approximate surface area is 128 Å². The fourth-order valence-electron chi connectivity index (χ4n) is 2.85. The van der Waals surface area contributed by atoms with E-state index in [1.54, 1.807) is 11.0 Å². The van der Waals surface area contributed by atoms with E-state index in [-0.39, 0.29) is 17.5 Å². The summed E-state index contributed by atoms with van der Waals surface area (Å²) in [6, 6.07) is 7.11. The molecule has 2 heterocycles. The van der Waals surface area contributed by atoms with E-state index < -0.39 is 0 Å². The average molecular weight is 300 g/mol. The molecule has 6 nitrogen and oxygen atoms in total. The lowest BCUT2D eigenvalue weighted by molar-refractivity contribution is -0.133. The molecule has 0 spiro atoms. The second-order valence-electron chi connectivity index (χ2n) is 5.53. The number of aromatic amines is 1. The molecule has 0 radical (unpaired) electrons. The zero-order valence-corrected chi connectivity index (χ0v) is 12.6. The molecule has 1 unspecified atom stereocenters.